The number of pyridine rings is 1. The molecule has 3 heterocycles. The SMILES string of the molecule is Cc1cc(C(=O)NCC2CNCC2O)c2c(=O)[nH]n(C)c2n1. The van der Waals surface area contributed by atoms with Gasteiger partial charge in [0.05, 0.1) is 17.1 Å². The summed E-state index contributed by atoms with van der Waals surface area (Å²) in [7, 11) is 1.68. The molecular weight excluding hydrogens is 286 g/mol. The van der Waals surface area contributed by atoms with Crippen molar-refractivity contribution in [1.29, 1.82) is 0 Å². The number of aromatic amines is 1. The van der Waals surface area contributed by atoms with Crippen molar-refractivity contribution in [3.05, 3.63) is 27.7 Å². The smallest absolute Gasteiger partial charge is 0.274 e. The topological polar surface area (TPSA) is 112 Å². The minimum atomic E-state index is -0.459. The fraction of sp³-hybridized carbons (Fsp3) is 0.500. The van der Waals surface area contributed by atoms with E-state index in [1.54, 1.807) is 20.0 Å². The monoisotopic (exact) mass is 305 g/mol. The number of β-amino-alcohol motifs (C(OH)–C–C–N with tert-alkyl or cyclic N) is 1. The van der Waals surface area contributed by atoms with E-state index < -0.39 is 6.10 Å². The molecule has 3 rings (SSSR count). The summed E-state index contributed by atoms with van der Waals surface area (Å²) < 4.78 is 1.51. The summed E-state index contributed by atoms with van der Waals surface area (Å²) in [5.74, 6) is -0.345. The molecule has 2 aromatic heterocycles. The van der Waals surface area contributed by atoms with E-state index in [0.717, 1.165) is 0 Å². The number of carbonyl (C=O) groups excluding carboxylic acids is 1. The summed E-state index contributed by atoms with van der Waals surface area (Å²) in [6.45, 7) is 3.34. The number of H-pyrrole nitrogens is 1. The van der Waals surface area contributed by atoms with Gasteiger partial charge in [0.25, 0.3) is 11.5 Å². The van der Waals surface area contributed by atoms with E-state index in [1.165, 1.54) is 4.68 Å². The number of nitrogens with one attached hydrogen (secondary N) is 3. The molecule has 2 unspecified atom stereocenters. The van der Waals surface area contributed by atoms with Crippen LogP contribution in [0.25, 0.3) is 11.0 Å². The minimum absolute atomic E-state index is 0.0172. The molecule has 0 aromatic carbocycles. The van der Waals surface area contributed by atoms with Crippen molar-refractivity contribution < 1.29 is 9.90 Å². The van der Waals surface area contributed by atoms with Crippen molar-refractivity contribution in [1.82, 2.24) is 25.4 Å². The quantitative estimate of drug-likeness (QED) is 0.574. The second-order valence-corrected chi connectivity index (χ2v) is 5.71. The highest BCUT2D eigenvalue weighted by Crippen LogP contribution is 2.15. The first-order valence-corrected chi connectivity index (χ1v) is 7.20. The van der Waals surface area contributed by atoms with Crippen LogP contribution in [0, 0.1) is 12.8 Å². The highest BCUT2D eigenvalue weighted by atomic mass is 16.3. The highest BCUT2D eigenvalue weighted by molar-refractivity contribution is 6.05. The van der Waals surface area contributed by atoms with Gasteiger partial charge in [-0.25, -0.2) is 4.98 Å². The number of aliphatic hydroxyl groups is 1. The molecule has 1 fully saturated rings. The number of nitrogens with zero attached hydrogens (tertiary/aromatic N) is 2. The van der Waals surface area contributed by atoms with Crippen LogP contribution in [0.2, 0.25) is 0 Å². The molecule has 8 nitrogen and oxygen atoms in total. The van der Waals surface area contributed by atoms with Crippen molar-refractivity contribution in [2.75, 3.05) is 19.6 Å². The lowest BCUT2D eigenvalue weighted by Crippen LogP contribution is -2.34. The maximum atomic E-state index is 12.4. The summed E-state index contributed by atoms with van der Waals surface area (Å²) in [6, 6.07) is 1.61. The van der Waals surface area contributed by atoms with E-state index in [4.69, 9.17) is 0 Å². The van der Waals surface area contributed by atoms with Gasteiger partial charge in [-0.05, 0) is 13.0 Å². The van der Waals surface area contributed by atoms with E-state index in [9.17, 15) is 14.7 Å². The van der Waals surface area contributed by atoms with Gasteiger partial charge < -0.3 is 15.7 Å². The molecule has 0 radical (unpaired) electrons. The Morgan fingerprint density at radius 1 is 1.55 bits per heavy atom. The largest absolute Gasteiger partial charge is 0.391 e. The van der Waals surface area contributed by atoms with Gasteiger partial charge in [0.1, 0.15) is 0 Å². The number of fused-ring (bicyclic) bond motifs is 1. The standard InChI is InChI=1S/C14H19N5O3/c1-7-3-9(11-12(17-7)19(2)18-14(11)22)13(21)16-5-8-4-15-6-10(8)20/h3,8,10,15,20H,4-6H2,1-2H3,(H,16,21)(H,18,22). The average Bonchev–Trinajstić information content (AvgIpc) is 3.00. The molecule has 118 valence electrons. The van der Waals surface area contributed by atoms with E-state index in [2.05, 4.69) is 20.7 Å². The summed E-state index contributed by atoms with van der Waals surface area (Å²) in [6.07, 6.45) is -0.459. The molecule has 4 N–H and O–H groups in total. The molecule has 22 heavy (non-hydrogen) atoms. The number of amides is 1. The first-order chi connectivity index (χ1) is 10.5. The molecule has 1 amide bonds. The predicted molar refractivity (Wildman–Crippen MR) is 80.8 cm³/mol. The average molecular weight is 305 g/mol. The fourth-order valence-electron chi connectivity index (χ4n) is 2.81. The Kier molecular flexibility index (Phi) is 3.71. The summed E-state index contributed by atoms with van der Waals surface area (Å²) in [4.78, 5) is 28.7. The van der Waals surface area contributed by atoms with E-state index in [-0.39, 0.29) is 22.8 Å². The van der Waals surface area contributed by atoms with Gasteiger partial charge in [-0.3, -0.25) is 19.4 Å². The number of hydrogen-bond acceptors (Lipinski definition) is 5. The maximum absolute atomic E-state index is 12.4. The van der Waals surface area contributed by atoms with Crippen LogP contribution in [-0.4, -0.2) is 51.5 Å². The first-order valence-electron chi connectivity index (χ1n) is 7.20. The van der Waals surface area contributed by atoms with Crippen LogP contribution < -0.4 is 16.2 Å². The third-order valence-electron chi connectivity index (χ3n) is 4.02. The molecule has 1 aliphatic heterocycles. The molecule has 0 aliphatic carbocycles. The summed E-state index contributed by atoms with van der Waals surface area (Å²) in [5.41, 5.74) is 1.09. The van der Waals surface area contributed by atoms with Crippen LogP contribution in [0.5, 0.6) is 0 Å². The fourth-order valence-corrected chi connectivity index (χ4v) is 2.81. The zero-order valence-corrected chi connectivity index (χ0v) is 12.5. The lowest BCUT2D eigenvalue weighted by molar-refractivity contribution is 0.0928. The van der Waals surface area contributed by atoms with Gasteiger partial charge in [-0.15, -0.1) is 0 Å². The van der Waals surface area contributed by atoms with Crippen LogP contribution in [0.15, 0.2) is 10.9 Å². The van der Waals surface area contributed by atoms with Crippen LogP contribution >= 0.6 is 0 Å². The Labute approximate surface area is 126 Å². The van der Waals surface area contributed by atoms with Gasteiger partial charge in [0.15, 0.2) is 5.65 Å². The summed E-state index contributed by atoms with van der Waals surface area (Å²) >= 11 is 0. The Morgan fingerprint density at radius 2 is 2.32 bits per heavy atom. The number of aromatic nitrogens is 3. The van der Waals surface area contributed by atoms with E-state index in [1.807, 2.05) is 0 Å². The first kappa shape index (κ1) is 14.7. The zero-order valence-electron chi connectivity index (χ0n) is 12.5. The normalized spacial score (nSPS) is 21.4. The Bertz CT molecular complexity index is 779. The molecule has 0 spiro atoms. The van der Waals surface area contributed by atoms with Crippen molar-refractivity contribution in [3.63, 3.8) is 0 Å². The van der Waals surface area contributed by atoms with Crippen LogP contribution in [0.1, 0.15) is 16.1 Å². The van der Waals surface area contributed by atoms with E-state index in [0.29, 0.717) is 36.5 Å². The van der Waals surface area contributed by atoms with Gasteiger partial charge in [0.2, 0.25) is 0 Å². The van der Waals surface area contributed by atoms with Crippen molar-refractivity contribution in [2.24, 2.45) is 13.0 Å². The molecule has 2 atom stereocenters. The lowest BCUT2D eigenvalue weighted by Gasteiger charge is -2.14. The second kappa shape index (κ2) is 5.54. The summed E-state index contributed by atoms with van der Waals surface area (Å²) in [5, 5.41) is 18.5. The maximum Gasteiger partial charge on any atom is 0.274 e. The van der Waals surface area contributed by atoms with Crippen molar-refractivity contribution >= 4 is 16.9 Å². The number of hydrogen-bond donors (Lipinski definition) is 4. The Balaban J connectivity index is 1.89. The number of rotatable bonds is 3. The Morgan fingerprint density at radius 3 is 3.00 bits per heavy atom. The highest BCUT2D eigenvalue weighted by Gasteiger charge is 2.26. The van der Waals surface area contributed by atoms with Crippen LogP contribution in [0.4, 0.5) is 0 Å². The Hall–Kier alpha value is -2.19. The van der Waals surface area contributed by atoms with Gasteiger partial charge in [-0.2, -0.15) is 0 Å². The van der Waals surface area contributed by atoms with Gasteiger partial charge in [-0.1, -0.05) is 0 Å². The molecule has 1 saturated heterocycles. The zero-order chi connectivity index (χ0) is 15.9. The number of aryl methyl sites for hydroxylation is 2. The molecule has 8 heteroatoms. The molecule has 1 aliphatic rings. The third kappa shape index (κ3) is 2.51. The van der Waals surface area contributed by atoms with Crippen LogP contribution in [0.3, 0.4) is 0 Å². The van der Waals surface area contributed by atoms with Gasteiger partial charge in [0, 0.05) is 38.3 Å². The molecule has 2 aromatic rings. The van der Waals surface area contributed by atoms with Crippen LogP contribution in [-0.2, 0) is 7.05 Å². The predicted octanol–water partition coefficient (Wildman–Crippen LogP) is -1.12. The molecular formula is C14H19N5O3. The molecule has 0 bridgehead atoms. The third-order valence-corrected chi connectivity index (χ3v) is 4.02. The van der Waals surface area contributed by atoms with E-state index >= 15 is 0 Å². The number of carbonyl (C=O) groups is 1. The van der Waals surface area contributed by atoms with Crippen molar-refractivity contribution in [3.8, 4) is 0 Å². The van der Waals surface area contributed by atoms with Crippen molar-refractivity contribution in [2.45, 2.75) is 13.0 Å². The lowest BCUT2D eigenvalue weighted by atomic mass is 10.1. The number of aliphatic hydroxyl groups excluding tert-OH is 1. The molecule has 0 saturated carbocycles. The minimum Gasteiger partial charge on any atom is -0.391 e. The van der Waals surface area contributed by atoms with Gasteiger partial charge >= 0.3 is 0 Å². The second-order valence-electron chi connectivity index (χ2n) is 5.71.